The van der Waals surface area contributed by atoms with Crippen molar-refractivity contribution in [3.8, 4) is 5.75 Å². The van der Waals surface area contributed by atoms with Crippen LogP contribution in [-0.2, 0) is 16.1 Å². The molecule has 26 heavy (non-hydrogen) atoms. The van der Waals surface area contributed by atoms with Crippen LogP contribution in [0, 0.1) is 5.92 Å². The normalized spacial score (nSPS) is 25.0. The number of likely N-dealkylation sites (tertiary alicyclic amines) is 1. The number of carbonyl (C=O) groups excluding carboxylic acids is 1. The van der Waals surface area contributed by atoms with Gasteiger partial charge in [-0.05, 0) is 42.0 Å². The van der Waals surface area contributed by atoms with E-state index in [1.807, 2.05) is 30.3 Å². The van der Waals surface area contributed by atoms with Crippen molar-refractivity contribution in [1.82, 2.24) is 4.90 Å². The first-order valence-corrected chi connectivity index (χ1v) is 9.33. The van der Waals surface area contributed by atoms with Gasteiger partial charge in [0.1, 0.15) is 11.9 Å². The summed E-state index contributed by atoms with van der Waals surface area (Å²) >= 11 is 0. The van der Waals surface area contributed by atoms with E-state index in [0.29, 0.717) is 5.92 Å². The predicted octanol–water partition coefficient (Wildman–Crippen LogP) is 3.62. The number of ether oxygens (including phenoxy) is 2. The molecule has 0 aromatic heterocycles. The molecule has 2 aromatic carbocycles. The Morgan fingerprint density at radius 3 is 2.62 bits per heavy atom. The molecule has 2 aliphatic rings. The van der Waals surface area contributed by atoms with Crippen LogP contribution in [0.25, 0.3) is 0 Å². The molecule has 3 atom stereocenters. The molecule has 2 unspecified atom stereocenters. The summed E-state index contributed by atoms with van der Waals surface area (Å²) in [6.45, 7) is 2.74. The van der Waals surface area contributed by atoms with Gasteiger partial charge >= 0.3 is 5.97 Å². The van der Waals surface area contributed by atoms with Crippen LogP contribution in [0.5, 0.6) is 5.75 Å². The summed E-state index contributed by atoms with van der Waals surface area (Å²) in [4.78, 5) is 14.8. The number of esters is 1. The Kier molecular flexibility index (Phi) is 4.93. The monoisotopic (exact) mass is 351 g/mol. The Morgan fingerprint density at radius 1 is 1.12 bits per heavy atom. The molecule has 4 rings (SSSR count). The van der Waals surface area contributed by atoms with Crippen LogP contribution in [-0.4, -0.2) is 37.2 Å². The zero-order chi connectivity index (χ0) is 17.9. The van der Waals surface area contributed by atoms with E-state index in [4.69, 9.17) is 9.47 Å². The lowest BCUT2D eigenvalue weighted by atomic mass is 10.1. The van der Waals surface area contributed by atoms with Gasteiger partial charge in [-0.3, -0.25) is 9.69 Å². The lowest BCUT2D eigenvalue weighted by molar-refractivity contribution is -0.150. The van der Waals surface area contributed by atoms with Gasteiger partial charge in [0.2, 0.25) is 0 Å². The van der Waals surface area contributed by atoms with E-state index in [2.05, 4.69) is 29.2 Å². The fraction of sp³-hybridized carbons (Fsp3) is 0.409. The van der Waals surface area contributed by atoms with Crippen molar-refractivity contribution in [2.75, 3.05) is 20.2 Å². The minimum absolute atomic E-state index is 0.0200. The second kappa shape index (κ2) is 7.50. The second-order valence-corrected chi connectivity index (χ2v) is 7.29. The van der Waals surface area contributed by atoms with Crippen molar-refractivity contribution >= 4 is 5.97 Å². The molecule has 136 valence electrons. The lowest BCUT2D eigenvalue weighted by Crippen LogP contribution is -2.25. The maximum absolute atomic E-state index is 12.5. The Hall–Kier alpha value is -2.33. The van der Waals surface area contributed by atoms with E-state index >= 15 is 0 Å². The van der Waals surface area contributed by atoms with Gasteiger partial charge in [0.05, 0.1) is 13.0 Å². The Labute approximate surface area is 154 Å². The molecule has 0 N–H and O–H groups in total. The fourth-order valence-corrected chi connectivity index (χ4v) is 3.81. The van der Waals surface area contributed by atoms with Crippen LogP contribution in [0.3, 0.4) is 0 Å². The van der Waals surface area contributed by atoms with Gasteiger partial charge in [-0.25, -0.2) is 0 Å². The maximum atomic E-state index is 12.5. The van der Waals surface area contributed by atoms with Gasteiger partial charge in [0.25, 0.3) is 0 Å². The molecule has 0 radical (unpaired) electrons. The van der Waals surface area contributed by atoms with Crippen LogP contribution in [0.2, 0.25) is 0 Å². The Balaban J connectivity index is 1.25. The first-order chi connectivity index (χ1) is 12.7. The molecule has 1 aliphatic carbocycles. The molecule has 0 bridgehead atoms. The largest absolute Gasteiger partial charge is 0.497 e. The average Bonchev–Trinajstić information content (AvgIpc) is 3.37. The number of rotatable bonds is 6. The van der Waals surface area contributed by atoms with Gasteiger partial charge in [-0.15, -0.1) is 0 Å². The summed E-state index contributed by atoms with van der Waals surface area (Å²) in [5, 5.41) is 0. The molecule has 0 amide bonds. The standard InChI is InChI=1S/C22H25NO3/c1-25-18-9-7-17(8-10-18)20-13-21(20)22(24)26-19-11-12-23(15-19)14-16-5-3-2-4-6-16/h2-10,19-21H,11-15H2,1H3/t19-,20?,21?/m1/s1. The van der Waals surface area contributed by atoms with Crippen molar-refractivity contribution in [2.45, 2.75) is 31.4 Å². The number of benzene rings is 2. The highest BCUT2D eigenvalue weighted by Crippen LogP contribution is 2.48. The van der Waals surface area contributed by atoms with E-state index in [1.165, 1.54) is 11.1 Å². The smallest absolute Gasteiger partial charge is 0.309 e. The summed E-state index contributed by atoms with van der Waals surface area (Å²) in [5.74, 6) is 1.14. The van der Waals surface area contributed by atoms with Gasteiger partial charge in [-0.1, -0.05) is 42.5 Å². The number of methoxy groups -OCH3 is 1. The van der Waals surface area contributed by atoms with Gasteiger partial charge < -0.3 is 9.47 Å². The van der Waals surface area contributed by atoms with Crippen molar-refractivity contribution in [3.05, 3.63) is 65.7 Å². The minimum atomic E-state index is -0.0302. The van der Waals surface area contributed by atoms with Crippen LogP contribution in [0.15, 0.2) is 54.6 Å². The zero-order valence-corrected chi connectivity index (χ0v) is 15.1. The Morgan fingerprint density at radius 2 is 1.88 bits per heavy atom. The third-order valence-electron chi connectivity index (χ3n) is 5.40. The van der Waals surface area contributed by atoms with Crippen LogP contribution < -0.4 is 4.74 Å². The quantitative estimate of drug-likeness (QED) is 0.745. The van der Waals surface area contributed by atoms with Gasteiger partial charge in [0, 0.05) is 19.6 Å². The molecule has 4 heteroatoms. The summed E-state index contributed by atoms with van der Waals surface area (Å²) in [7, 11) is 1.66. The van der Waals surface area contributed by atoms with E-state index in [0.717, 1.165) is 38.2 Å². The molecule has 1 aliphatic heterocycles. The highest BCUT2D eigenvalue weighted by atomic mass is 16.5. The van der Waals surface area contributed by atoms with Crippen molar-refractivity contribution in [3.63, 3.8) is 0 Å². The number of hydrogen-bond donors (Lipinski definition) is 0. The molecule has 1 heterocycles. The van der Waals surface area contributed by atoms with Crippen molar-refractivity contribution < 1.29 is 14.3 Å². The molecule has 2 aromatic rings. The SMILES string of the molecule is COc1ccc(C2CC2C(=O)O[C@@H]2CCN(Cc3ccccc3)C2)cc1. The maximum Gasteiger partial charge on any atom is 0.309 e. The zero-order valence-electron chi connectivity index (χ0n) is 15.1. The predicted molar refractivity (Wildman–Crippen MR) is 100 cm³/mol. The highest BCUT2D eigenvalue weighted by Gasteiger charge is 2.46. The van der Waals surface area contributed by atoms with E-state index < -0.39 is 0 Å². The summed E-state index contributed by atoms with van der Waals surface area (Å²) in [6, 6.07) is 18.5. The fourth-order valence-electron chi connectivity index (χ4n) is 3.81. The highest BCUT2D eigenvalue weighted by molar-refractivity contribution is 5.77. The van der Waals surface area contributed by atoms with E-state index in [9.17, 15) is 4.79 Å². The third-order valence-corrected chi connectivity index (χ3v) is 5.40. The first-order valence-electron chi connectivity index (χ1n) is 9.33. The van der Waals surface area contributed by atoms with Crippen molar-refractivity contribution in [1.29, 1.82) is 0 Å². The summed E-state index contributed by atoms with van der Waals surface area (Å²) < 4.78 is 11.0. The lowest BCUT2D eigenvalue weighted by Gasteiger charge is -2.16. The van der Waals surface area contributed by atoms with Crippen LogP contribution >= 0.6 is 0 Å². The van der Waals surface area contributed by atoms with Gasteiger partial charge in [-0.2, -0.15) is 0 Å². The topological polar surface area (TPSA) is 38.8 Å². The summed E-state index contributed by atoms with van der Waals surface area (Å²) in [6.07, 6.45) is 1.85. The van der Waals surface area contributed by atoms with Crippen LogP contribution in [0.4, 0.5) is 0 Å². The van der Waals surface area contributed by atoms with Crippen molar-refractivity contribution in [2.24, 2.45) is 5.92 Å². The molecular formula is C22H25NO3. The molecule has 1 saturated heterocycles. The summed E-state index contributed by atoms with van der Waals surface area (Å²) in [5.41, 5.74) is 2.51. The van der Waals surface area contributed by atoms with Crippen LogP contribution in [0.1, 0.15) is 29.9 Å². The molecule has 2 fully saturated rings. The third kappa shape index (κ3) is 3.91. The molecule has 0 spiro atoms. The Bertz CT molecular complexity index is 744. The van der Waals surface area contributed by atoms with E-state index in [-0.39, 0.29) is 18.0 Å². The molecule has 1 saturated carbocycles. The molecular weight excluding hydrogens is 326 g/mol. The number of carbonyl (C=O) groups is 1. The van der Waals surface area contributed by atoms with E-state index in [1.54, 1.807) is 7.11 Å². The second-order valence-electron chi connectivity index (χ2n) is 7.29. The van der Waals surface area contributed by atoms with Gasteiger partial charge in [0.15, 0.2) is 0 Å². The number of nitrogens with zero attached hydrogens (tertiary/aromatic N) is 1. The average molecular weight is 351 g/mol. The first kappa shape index (κ1) is 17.1. The molecule has 4 nitrogen and oxygen atoms in total. The minimum Gasteiger partial charge on any atom is -0.497 e. The number of hydrogen-bond acceptors (Lipinski definition) is 4.